The Hall–Kier alpha value is 0.360. The van der Waals surface area contributed by atoms with Crippen molar-refractivity contribution in [1.29, 1.82) is 0 Å². The minimum absolute atomic E-state index is 0.869. The van der Waals surface area contributed by atoms with Crippen molar-refractivity contribution in [3.63, 3.8) is 0 Å². The van der Waals surface area contributed by atoms with Gasteiger partial charge >= 0.3 is 0 Å². The van der Waals surface area contributed by atoms with Crippen LogP contribution in [-0.2, 0) is 5.33 Å². The highest BCUT2D eigenvalue weighted by atomic mass is 79.9. The van der Waals surface area contributed by atoms with E-state index in [0.29, 0.717) is 0 Å². The van der Waals surface area contributed by atoms with Gasteiger partial charge in [-0.1, -0.05) is 15.9 Å². The third-order valence-electron chi connectivity index (χ3n) is 2.13. The first-order valence-corrected chi connectivity index (χ1v) is 7.77. The number of alkyl halides is 1. The SMILES string of the molecule is CSc1c(CBr)c(S)cc2sccc12. The topological polar surface area (TPSA) is 0 Å². The van der Waals surface area contributed by atoms with Crippen molar-refractivity contribution < 1.29 is 0 Å². The Morgan fingerprint density at radius 1 is 1.57 bits per heavy atom. The first kappa shape index (κ1) is 10.9. The predicted octanol–water partition coefficient (Wildman–Crippen LogP) is 4.81. The highest BCUT2D eigenvalue weighted by molar-refractivity contribution is 9.08. The third kappa shape index (κ3) is 1.73. The van der Waals surface area contributed by atoms with Gasteiger partial charge in [0.1, 0.15) is 0 Å². The van der Waals surface area contributed by atoms with Gasteiger partial charge in [-0.15, -0.1) is 35.7 Å². The maximum atomic E-state index is 4.52. The lowest BCUT2D eigenvalue weighted by molar-refractivity contribution is 1.22. The summed E-state index contributed by atoms with van der Waals surface area (Å²) in [6.07, 6.45) is 2.12. The van der Waals surface area contributed by atoms with E-state index < -0.39 is 0 Å². The second kappa shape index (κ2) is 4.47. The predicted molar refractivity (Wildman–Crippen MR) is 73.5 cm³/mol. The zero-order valence-electron chi connectivity index (χ0n) is 7.58. The summed E-state index contributed by atoms with van der Waals surface area (Å²) in [7, 11) is 0. The minimum atomic E-state index is 0.869. The van der Waals surface area contributed by atoms with Crippen molar-refractivity contribution in [3.8, 4) is 0 Å². The van der Waals surface area contributed by atoms with Crippen LogP contribution in [0.1, 0.15) is 5.56 Å². The fourth-order valence-electron chi connectivity index (χ4n) is 1.47. The number of thiophene rings is 1. The Bertz CT molecular complexity index is 462. The highest BCUT2D eigenvalue weighted by Crippen LogP contribution is 2.37. The molecule has 1 heterocycles. The molecule has 2 aromatic rings. The van der Waals surface area contributed by atoms with Crippen molar-refractivity contribution in [2.45, 2.75) is 15.1 Å². The zero-order chi connectivity index (χ0) is 10.1. The van der Waals surface area contributed by atoms with Crippen molar-refractivity contribution in [2.75, 3.05) is 6.26 Å². The molecule has 0 N–H and O–H groups in total. The molecule has 0 saturated carbocycles. The molecule has 0 unspecified atom stereocenters. The van der Waals surface area contributed by atoms with E-state index in [0.717, 1.165) is 10.2 Å². The molecule has 0 saturated heterocycles. The average molecular weight is 305 g/mol. The maximum absolute atomic E-state index is 4.52. The summed E-state index contributed by atoms with van der Waals surface area (Å²) in [6.45, 7) is 0. The van der Waals surface area contributed by atoms with Gasteiger partial charge in [-0.2, -0.15) is 0 Å². The number of halogens is 1. The van der Waals surface area contributed by atoms with Gasteiger partial charge < -0.3 is 0 Å². The first-order chi connectivity index (χ1) is 6.77. The van der Waals surface area contributed by atoms with Gasteiger partial charge in [0.25, 0.3) is 0 Å². The number of thiol groups is 1. The van der Waals surface area contributed by atoms with E-state index in [9.17, 15) is 0 Å². The normalized spacial score (nSPS) is 11.1. The van der Waals surface area contributed by atoms with Crippen LogP contribution in [0.3, 0.4) is 0 Å². The highest BCUT2D eigenvalue weighted by Gasteiger charge is 2.10. The van der Waals surface area contributed by atoms with E-state index in [4.69, 9.17) is 0 Å². The van der Waals surface area contributed by atoms with Crippen molar-refractivity contribution in [2.24, 2.45) is 0 Å². The fourth-order valence-corrected chi connectivity index (χ4v) is 4.67. The summed E-state index contributed by atoms with van der Waals surface area (Å²) >= 11 is 11.6. The minimum Gasteiger partial charge on any atom is -0.144 e. The van der Waals surface area contributed by atoms with Crippen LogP contribution in [0.4, 0.5) is 0 Å². The second-order valence-corrected chi connectivity index (χ2v) is 5.68. The number of hydrogen-bond acceptors (Lipinski definition) is 3. The van der Waals surface area contributed by atoms with Crippen molar-refractivity contribution >= 4 is 61.7 Å². The Balaban J connectivity index is 2.82. The van der Waals surface area contributed by atoms with Gasteiger partial charge in [-0.3, -0.25) is 0 Å². The number of fused-ring (bicyclic) bond motifs is 1. The molecule has 0 spiro atoms. The largest absolute Gasteiger partial charge is 0.144 e. The van der Waals surface area contributed by atoms with E-state index in [1.54, 1.807) is 23.1 Å². The summed E-state index contributed by atoms with van der Waals surface area (Å²) in [6, 6.07) is 4.34. The molecule has 0 aliphatic carbocycles. The molecule has 0 amide bonds. The zero-order valence-corrected chi connectivity index (χ0v) is 11.7. The van der Waals surface area contributed by atoms with Crippen LogP contribution < -0.4 is 0 Å². The molecule has 0 aliphatic rings. The van der Waals surface area contributed by atoms with Crippen LogP contribution in [0, 0.1) is 0 Å². The number of rotatable bonds is 2. The molecule has 0 fully saturated rings. The van der Waals surface area contributed by atoms with Gasteiger partial charge in [-0.05, 0) is 29.3 Å². The molecule has 0 nitrogen and oxygen atoms in total. The molecular weight excluding hydrogens is 296 g/mol. The summed E-state index contributed by atoms with van der Waals surface area (Å²) in [5.41, 5.74) is 1.30. The Labute approximate surface area is 106 Å². The lowest BCUT2D eigenvalue weighted by Crippen LogP contribution is -1.86. The van der Waals surface area contributed by atoms with Crippen LogP contribution in [-0.4, -0.2) is 6.26 Å². The van der Waals surface area contributed by atoms with Gasteiger partial charge in [0.05, 0.1) is 0 Å². The van der Waals surface area contributed by atoms with Crippen LogP contribution in [0.25, 0.3) is 10.1 Å². The molecule has 0 atom stereocenters. The maximum Gasteiger partial charge on any atom is 0.0365 e. The van der Waals surface area contributed by atoms with Crippen LogP contribution in [0.2, 0.25) is 0 Å². The second-order valence-electron chi connectivity index (χ2n) is 2.87. The third-order valence-corrected chi connectivity index (χ3v) is 4.83. The van der Waals surface area contributed by atoms with Crippen molar-refractivity contribution in [1.82, 2.24) is 0 Å². The molecule has 0 aliphatic heterocycles. The van der Waals surface area contributed by atoms with Gasteiger partial charge in [0, 0.05) is 25.2 Å². The lowest BCUT2D eigenvalue weighted by Gasteiger charge is -2.09. The number of hydrogen-bond donors (Lipinski definition) is 1. The summed E-state index contributed by atoms with van der Waals surface area (Å²) in [5.74, 6) is 0. The standard InChI is InChI=1S/C10H9BrS3/c1-13-10-6-2-3-14-9(6)4-8(12)7(10)5-11/h2-4,12H,5H2,1H3. The summed E-state index contributed by atoms with van der Waals surface area (Å²) in [5, 5.41) is 4.36. The van der Waals surface area contributed by atoms with Crippen molar-refractivity contribution in [3.05, 3.63) is 23.1 Å². The van der Waals surface area contributed by atoms with Crippen LogP contribution in [0.5, 0.6) is 0 Å². The molecule has 74 valence electrons. The Kier molecular flexibility index (Phi) is 3.47. The quantitative estimate of drug-likeness (QED) is 0.472. The number of thioether (sulfide) groups is 1. The first-order valence-electron chi connectivity index (χ1n) is 4.10. The Morgan fingerprint density at radius 2 is 2.36 bits per heavy atom. The molecule has 1 aromatic carbocycles. The number of benzene rings is 1. The van der Waals surface area contributed by atoms with E-state index in [1.807, 2.05) is 0 Å². The molecule has 2 rings (SSSR count). The van der Waals surface area contributed by atoms with E-state index in [1.165, 1.54) is 20.5 Å². The van der Waals surface area contributed by atoms with Crippen LogP contribution in [0.15, 0.2) is 27.3 Å². The smallest absolute Gasteiger partial charge is 0.0365 e. The molecule has 0 bridgehead atoms. The average Bonchev–Trinajstić information content (AvgIpc) is 2.62. The van der Waals surface area contributed by atoms with Gasteiger partial charge in [-0.25, -0.2) is 0 Å². The Morgan fingerprint density at radius 3 is 3.00 bits per heavy atom. The molecule has 0 radical (unpaired) electrons. The summed E-state index contributed by atoms with van der Waals surface area (Å²) < 4.78 is 1.32. The molecule has 14 heavy (non-hydrogen) atoms. The van der Waals surface area contributed by atoms with E-state index in [-0.39, 0.29) is 0 Å². The van der Waals surface area contributed by atoms with Gasteiger partial charge in [0.2, 0.25) is 0 Å². The van der Waals surface area contributed by atoms with E-state index in [2.05, 4.69) is 52.3 Å². The molecule has 4 heteroatoms. The lowest BCUT2D eigenvalue weighted by atomic mass is 10.2. The fraction of sp³-hybridized carbons (Fsp3) is 0.200. The molecular formula is C10H9BrS3. The van der Waals surface area contributed by atoms with Gasteiger partial charge in [0.15, 0.2) is 0 Å². The van der Waals surface area contributed by atoms with Crippen LogP contribution >= 0.6 is 51.7 Å². The van der Waals surface area contributed by atoms with E-state index >= 15 is 0 Å². The summed E-state index contributed by atoms with van der Waals surface area (Å²) in [4.78, 5) is 2.44. The molecule has 1 aromatic heterocycles. The monoisotopic (exact) mass is 304 g/mol.